The number of methoxy groups -OCH3 is 2. The van der Waals surface area contributed by atoms with Gasteiger partial charge in [-0.3, -0.25) is 0 Å². The van der Waals surface area contributed by atoms with Gasteiger partial charge < -0.3 is 19.0 Å². The van der Waals surface area contributed by atoms with Crippen molar-refractivity contribution in [3.63, 3.8) is 0 Å². The number of aliphatic hydroxyl groups is 1. The van der Waals surface area contributed by atoms with E-state index in [1.807, 2.05) is 12.1 Å². The van der Waals surface area contributed by atoms with Crippen LogP contribution in [0.5, 0.6) is 11.5 Å². The van der Waals surface area contributed by atoms with Gasteiger partial charge in [-0.25, -0.2) is 0 Å². The summed E-state index contributed by atoms with van der Waals surface area (Å²) in [6.07, 6.45) is 8.04. The van der Waals surface area contributed by atoms with Crippen molar-refractivity contribution in [1.82, 2.24) is 0 Å². The molecular formula is C27H44O4Si. The average molecular weight is 461 g/mol. The molecule has 4 atom stereocenters. The van der Waals surface area contributed by atoms with E-state index in [0.29, 0.717) is 6.42 Å². The van der Waals surface area contributed by atoms with Crippen LogP contribution in [0, 0.1) is 11.3 Å². The predicted octanol–water partition coefficient (Wildman–Crippen LogP) is 6.70. The van der Waals surface area contributed by atoms with Crippen LogP contribution in [0.1, 0.15) is 71.8 Å². The highest BCUT2D eigenvalue weighted by molar-refractivity contribution is 6.74. The fourth-order valence-electron chi connectivity index (χ4n) is 5.48. The SMILES string of the molecule is COc1ccc(OC)c([C@H]2[C@@H](O[Si](C)(C)C(C)(C)C)C=CCC3(O)[C@@H]2CCCC3(C)C)c1. The van der Waals surface area contributed by atoms with Crippen LogP contribution in [-0.4, -0.2) is 39.3 Å². The van der Waals surface area contributed by atoms with Gasteiger partial charge in [-0.2, -0.15) is 0 Å². The third-order valence-electron chi connectivity index (χ3n) is 8.68. The van der Waals surface area contributed by atoms with Gasteiger partial charge in [-0.05, 0) is 66.9 Å². The van der Waals surface area contributed by atoms with Crippen LogP contribution in [0.3, 0.4) is 0 Å². The normalized spacial score (nSPS) is 30.4. The van der Waals surface area contributed by atoms with E-state index < -0.39 is 13.9 Å². The molecule has 1 aromatic carbocycles. The molecule has 0 aromatic heterocycles. The topological polar surface area (TPSA) is 47.9 Å². The van der Waals surface area contributed by atoms with Crippen molar-refractivity contribution in [2.45, 2.75) is 96.1 Å². The Labute approximate surface area is 196 Å². The fourth-order valence-corrected chi connectivity index (χ4v) is 6.74. The standard InChI is InChI=1S/C27H44O4Si/c1-25(2,3)32(8,9)31-23-13-11-17-27(28)21(12-10-16-26(27,4)5)24(23)20-18-19(29-6)14-15-22(20)30-7/h11,13-15,18,21,23-24,28H,10,12,16-17H2,1-9H3/t21-,23+,24-,27?/m1/s1. The molecule has 1 unspecified atom stereocenters. The maximum Gasteiger partial charge on any atom is 0.192 e. The van der Waals surface area contributed by atoms with E-state index in [1.165, 1.54) is 0 Å². The molecule has 0 bridgehead atoms. The van der Waals surface area contributed by atoms with Crippen LogP contribution in [0.15, 0.2) is 30.4 Å². The summed E-state index contributed by atoms with van der Waals surface area (Å²) in [5, 5.41) is 12.3. The van der Waals surface area contributed by atoms with Gasteiger partial charge >= 0.3 is 0 Å². The summed E-state index contributed by atoms with van der Waals surface area (Å²) in [7, 11) is 1.36. The van der Waals surface area contributed by atoms with Crippen molar-refractivity contribution >= 4 is 8.32 Å². The first kappa shape index (κ1) is 25.3. The molecule has 1 saturated carbocycles. The summed E-state index contributed by atoms with van der Waals surface area (Å²) < 4.78 is 18.5. The third-order valence-corrected chi connectivity index (χ3v) is 13.2. The highest BCUT2D eigenvalue weighted by atomic mass is 28.4. The zero-order chi connectivity index (χ0) is 23.9. The summed E-state index contributed by atoms with van der Waals surface area (Å²) in [6, 6.07) is 6.02. The van der Waals surface area contributed by atoms with E-state index in [-0.39, 0.29) is 28.4 Å². The molecule has 0 heterocycles. The van der Waals surface area contributed by atoms with Crippen LogP contribution in [0.2, 0.25) is 18.1 Å². The second kappa shape index (κ2) is 8.81. The lowest BCUT2D eigenvalue weighted by Gasteiger charge is -2.54. The summed E-state index contributed by atoms with van der Waals surface area (Å²) in [4.78, 5) is 0. The van der Waals surface area contributed by atoms with Gasteiger partial charge in [0.05, 0.1) is 25.9 Å². The van der Waals surface area contributed by atoms with Gasteiger partial charge in [0.25, 0.3) is 0 Å². The number of ether oxygens (including phenoxy) is 2. The van der Waals surface area contributed by atoms with Gasteiger partial charge in [0, 0.05) is 11.5 Å². The largest absolute Gasteiger partial charge is 0.497 e. The molecule has 0 aliphatic heterocycles. The third kappa shape index (κ3) is 4.40. The lowest BCUT2D eigenvalue weighted by molar-refractivity contribution is -0.146. The van der Waals surface area contributed by atoms with E-state index in [4.69, 9.17) is 13.9 Å². The summed E-state index contributed by atoms with van der Waals surface area (Å²) in [5.74, 6) is 1.69. The van der Waals surface area contributed by atoms with E-state index in [0.717, 1.165) is 36.3 Å². The molecule has 5 heteroatoms. The Balaban J connectivity index is 2.20. The summed E-state index contributed by atoms with van der Waals surface area (Å²) in [5.41, 5.74) is 0.103. The molecule has 0 radical (unpaired) electrons. The average Bonchev–Trinajstić information content (AvgIpc) is 2.83. The first-order valence-corrected chi connectivity index (χ1v) is 15.0. The van der Waals surface area contributed by atoms with Gasteiger partial charge in [0.2, 0.25) is 0 Å². The van der Waals surface area contributed by atoms with E-state index in [2.05, 4.69) is 65.9 Å². The monoisotopic (exact) mass is 460 g/mol. The molecule has 0 spiro atoms. The van der Waals surface area contributed by atoms with E-state index in [1.54, 1.807) is 14.2 Å². The Bertz CT molecular complexity index is 839. The molecule has 4 nitrogen and oxygen atoms in total. The first-order valence-electron chi connectivity index (χ1n) is 12.1. The van der Waals surface area contributed by atoms with Crippen molar-refractivity contribution in [3.8, 4) is 11.5 Å². The van der Waals surface area contributed by atoms with Crippen LogP contribution < -0.4 is 9.47 Å². The Hall–Kier alpha value is -1.30. The Morgan fingerprint density at radius 1 is 1.09 bits per heavy atom. The molecule has 2 aliphatic carbocycles. The molecule has 0 amide bonds. The van der Waals surface area contributed by atoms with E-state index in [9.17, 15) is 5.11 Å². The van der Waals surface area contributed by atoms with Crippen LogP contribution >= 0.6 is 0 Å². The van der Waals surface area contributed by atoms with Crippen molar-refractivity contribution in [2.75, 3.05) is 14.2 Å². The number of hydrogen-bond acceptors (Lipinski definition) is 4. The minimum absolute atomic E-state index is 0.0162. The number of benzene rings is 1. The molecular weight excluding hydrogens is 416 g/mol. The van der Waals surface area contributed by atoms with Gasteiger partial charge in [-0.15, -0.1) is 0 Å². The highest BCUT2D eigenvalue weighted by Crippen LogP contribution is 2.57. The zero-order valence-corrected chi connectivity index (χ0v) is 22.6. The lowest BCUT2D eigenvalue weighted by Crippen LogP contribution is -2.56. The van der Waals surface area contributed by atoms with Crippen molar-refractivity contribution in [2.24, 2.45) is 11.3 Å². The van der Waals surface area contributed by atoms with Crippen LogP contribution in [-0.2, 0) is 4.43 Å². The van der Waals surface area contributed by atoms with Crippen molar-refractivity contribution in [1.29, 1.82) is 0 Å². The highest BCUT2D eigenvalue weighted by Gasteiger charge is 2.56. The van der Waals surface area contributed by atoms with E-state index >= 15 is 0 Å². The molecule has 3 rings (SSSR count). The van der Waals surface area contributed by atoms with Crippen molar-refractivity contribution in [3.05, 3.63) is 35.9 Å². The van der Waals surface area contributed by atoms with Crippen LogP contribution in [0.4, 0.5) is 0 Å². The number of rotatable bonds is 5. The molecule has 2 aliphatic rings. The number of fused-ring (bicyclic) bond motifs is 1. The lowest BCUT2D eigenvalue weighted by atomic mass is 9.55. The molecule has 1 aromatic rings. The first-order chi connectivity index (χ1) is 14.8. The molecule has 180 valence electrons. The molecule has 1 N–H and O–H groups in total. The molecule has 0 saturated heterocycles. The van der Waals surface area contributed by atoms with Crippen LogP contribution in [0.25, 0.3) is 0 Å². The molecule has 32 heavy (non-hydrogen) atoms. The minimum atomic E-state index is -2.06. The Morgan fingerprint density at radius 3 is 2.38 bits per heavy atom. The minimum Gasteiger partial charge on any atom is -0.497 e. The Morgan fingerprint density at radius 2 is 1.78 bits per heavy atom. The van der Waals surface area contributed by atoms with Crippen molar-refractivity contribution < 1.29 is 19.0 Å². The second-order valence-electron chi connectivity index (χ2n) is 11.9. The quantitative estimate of drug-likeness (QED) is 0.392. The maximum absolute atomic E-state index is 12.2. The summed E-state index contributed by atoms with van der Waals surface area (Å²) in [6.45, 7) is 15.9. The zero-order valence-electron chi connectivity index (χ0n) is 21.6. The summed E-state index contributed by atoms with van der Waals surface area (Å²) >= 11 is 0. The molecule has 1 fully saturated rings. The fraction of sp³-hybridized carbons (Fsp3) is 0.704. The Kier molecular flexibility index (Phi) is 6.97. The maximum atomic E-state index is 12.2. The smallest absolute Gasteiger partial charge is 0.192 e. The number of hydrogen-bond donors (Lipinski definition) is 1. The predicted molar refractivity (Wildman–Crippen MR) is 134 cm³/mol. The second-order valence-corrected chi connectivity index (χ2v) is 16.7. The van der Waals surface area contributed by atoms with Gasteiger partial charge in [0.1, 0.15) is 11.5 Å². The van der Waals surface area contributed by atoms with Gasteiger partial charge in [-0.1, -0.05) is 53.2 Å². The van der Waals surface area contributed by atoms with Gasteiger partial charge in [0.15, 0.2) is 8.32 Å².